The van der Waals surface area contributed by atoms with Crippen molar-refractivity contribution in [2.45, 2.75) is 25.9 Å². The zero-order valence-corrected chi connectivity index (χ0v) is 21.6. The first-order chi connectivity index (χ1) is 17.5. The van der Waals surface area contributed by atoms with Gasteiger partial charge in [-0.1, -0.05) is 54.6 Å². The topological polar surface area (TPSA) is 86.8 Å². The molecule has 1 N–H and O–H groups in total. The molecule has 1 atom stereocenters. The number of carbonyl (C=O) groups is 2. The van der Waals surface area contributed by atoms with Gasteiger partial charge in [-0.15, -0.1) is 0 Å². The Morgan fingerprint density at radius 3 is 2.19 bits per heavy atom. The number of sulfonamides is 1. The summed E-state index contributed by atoms with van der Waals surface area (Å²) in [7, 11) is -2.61. The van der Waals surface area contributed by atoms with Crippen molar-refractivity contribution in [2.24, 2.45) is 0 Å². The number of nitrogens with zero attached hydrogens (tertiary/aromatic N) is 2. The second-order valence-electron chi connectivity index (χ2n) is 8.64. The van der Waals surface area contributed by atoms with E-state index in [1.54, 1.807) is 6.07 Å². The van der Waals surface area contributed by atoms with Crippen LogP contribution in [0.1, 0.15) is 16.7 Å². The molecule has 0 spiro atoms. The molecule has 0 aliphatic heterocycles. The van der Waals surface area contributed by atoms with Gasteiger partial charge < -0.3 is 10.2 Å². The van der Waals surface area contributed by atoms with Gasteiger partial charge in [0.15, 0.2) is 11.6 Å². The van der Waals surface area contributed by atoms with Crippen LogP contribution in [-0.2, 0) is 32.6 Å². The Balaban J connectivity index is 2.05. The molecule has 0 aromatic heterocycles. The van der Waals surface area contributed by atoms with Crippen molar-refractivity contribution in [1.29, 1.82) is 0 Å². The molecule has 7 nitrogen and oxygen atoms in total. The van der Waals surface area contributed by atoms with Crippen molar-refractivity contribution < 1.29 is 26.8 Å². The van der Waals surface area contributed by atoms with Gasteiger partial charge in [0.1, 0.15) is 12.6 Å². The number of halogens is 2. The summed E-state index contributed by atoms with van der Waals surface area (Å²) >= 11 is 0. The first-order valence-electron chi connectivity index (χ1n) is 11.5. The van der Waals surface area contributed by atoms with Crippen LogP contribution in [0.3, 0.4) is 0 Å². The van der Waals surface area contributed by atoms with Crippen LogP contribution in [0.15, 0.2) is 72.8 Å². The molecule has 0 fully saturated rings. The fraction of sp³-hybridized carbons (Fsp3) is 0.259. The van der Waals surface area contributed by atoms with Gasteiger partial charge in [-0.05, 0) is 35.7 Å². The van der Waals surface area contributed by atoms with Gasteiger partial charge in [-0.25, -0.2) is 17.2 Å². The Hall–Kier alpha value is -3.79. The van der Waals surface area contributed by atoms with Crippen LogP contribution in [0, 0.1) is 18.6 Å². The molecule has 2 amide bonds. The standard InChI is InChI=1S/C27H29F2N3O4S/c1-19-9-7-8-12-21(19)17-31(25(27(34)30-2)15-20-10-5-4-6-11-20)26(33)18-32(37(3,35)36)22-13-14-23(28)24(29)16-22/h4-14,16,25H,15,17-18H2,1-3H3,(H,30,34)/t25-/m0/s1. The van der Waals surface area contributed by atoms with E-state index in [-0.39, 0.29) is 18.7 Å². The maximum atomic E-state index is 13.9. The highest BCUT2D eigenvalue weighted by molar-refractivity contribution is 7.92. The van der Waals surface area contributed by atoms with Gasteiger partial charge in [0.2, 0.25) is 21.8 Å². The maximum absolute atomic E-state index is 13.9. The number of aryl methyl sites for hydroxylation is 1. The van der Waals surface area contributed by atoms with Crippen molar-refractivity contribution in [3.05, 3.63) is 101 Å². The van der Waals surface area contributed by atoms with Crippen LogP contribution < -0.4 is 9.62 Å². The lowest BCUT2D eigenvalue weighted by Gasteiger charge is -2.33. The molecule has 3 aromatic rings. The van der Waals surface area contributed by atoms with Crippen LogP contribution in [-0.4, -0.2) is 51.0 Å². The average molecular weight is 530 g/mol. The summed E-state index contributed by atoms with van der Waals surface area (Å²) < 4.78 is 53.4. The third-order valence-corrected chi connectivity index (χ3v) is 7.13. The monoisotopic (exact) mass is 529 g/mol. The number of hydrogen-bond acceptors (Lipinski definition) is 4. The van der Waals surface area contributed by atoms with E-state index >= 15 is 0 Å². The average Bonchev–Trinajstić information content (AvgIpc) is 2.86. The third kappa shape index (κ3) is 7.13. The Kier molecular flexibility index (Phi) is 8.99. The molecule has 0 saturated carbocycles. The molecular formula is C27H29F2N3O4S. The summed E-state index contributed by atoms with van der Waals surface area (Å²) in [5.41, 5.74) is 2.26. The summed E-state index contributed by atoms with van der Waals surface area (Å²) in [5.74, 6) is -3.50. The molecule has 0 aliphatic carbocycles. The van der Waals surface area contributed by atoms with E-state index < -0.39 is 46.1 Å². The van der Waals surface area contributed by atoms with E-state index in [1.165, 1.54) is 11.9 Å². The third-order valence-electron chi connectivity index (χ3n) is 5.99. The quantitative estimate of drug-likeness (QED) is 0.436. The molecule has 10 heteroatoms. The Morgan fingerprint density at radius 2 is 1.59 bits per heavy atom. The number of rotatable bonds is 10. The normalized spacial score (nSPS) is 12.0. The smallest absolute Gasteiger partial charge is 0.244 e. The molecule has 0 heterocycles. The van der Waals surface area contributed by atoms with Crippen molar-refractivity contribution in [3.8, 4) is 0 Å². The lowest BCUT2D eigenvalue weighted by atomic mass is 10.0. The SMILES string of the molecule is CNC(=O)[C@H](Cc1ccccc1)N(Cc1ccccc1C)C(=O)CN(c1ccc(F)c(F)c1)S(C)(=O)=O. The highest BCUT2D eigenvalue weighted by atomic mass is 32.2. The molecular weight excluding hydrogens is 500 g/mol. The molecule has 0 aliphatic rings. The van der Waals surface area contributed by atoms with E-state index in [1.807, 2.05) is 55.5 Å². The maximum Gasteiger partial charge on any atom is 0.244 e. The summed E-state index contributed by atoms with van der Waals surface area (Å²) in [6.07, 6.45) is 1.05. The number of carbonyl (C=O) groups excluding carboxylic acids is 2. The van der Waals surface area contributed by atoms with Gasteiger partial charge >= 0.3 is 0 Å². The highest BCUT2D eigenvalue weighted by Crippen LogP contribution is 2.23. The van der Waals surface area contributed by atoms with E-state index in [9.17, 15) is 26.8 Å². The van der Waals surface area contributed by atoms with Crippen molar-refractivity contribution in [1.82, 2.24) is 10.2 Å². The predicted molar refractivity (Wildman–Crippen MR) is 138 cm³/mol. The van der Waals surface area contributed by atoms with Crippen LogP contribution in [0.4, 0.5) is 14.5 Å². The minimum Gasteiger partial charge on any atom is -0.357 e. The van der Waals surface area contributed by atoms with Gasteiger partial charge in [-0.2, -0.15) is 0 Å². The first-order valence-corrected chi connectivity index (χ1v) is 13.4. The highest BCUT2D eigenvalue weighted by Gasteiger charge is 2.33. The minimum atomic E-state index is -4.07. The first kappa shape index (κ1) is 27.8. The van der Waals surface area contributed by atoms with Crippen LogP contribution in [0.5, 0.6) is 0 Å². The fourth-order valence-corrected chi connectivity index (χ4v) is 4.79. The van der Waals surface area contributed by atoms with E-state index in [2.05, 4.69) is 5.32 Å². The Labute approximate surface area is 215 Å². The Morgan fingerprint density at radius 1 is 0.946 bits per heavy atom. The van der Waals surface area contributed by atoms with Crippen LogP contribution in [0.25, 0.3) is 0 Å². The molecule has 37 heavy (non-hydrogen) atoms. The molecule has 3 aromatic carbocycles. The van der Waals surface area contributed by atoms with Gasteiger partial charge in [0, 0.05) is 26.1 Å². The number of nitrogens with one attached hydrogen (secondary N) is 1. The Bertz CT molecular complexity index is 1370. The number of amides is 2. The number of anilines is 1. The molecule has 0 radical (unpaired) electrons. The predicted octanol–water partition coefficient (Wildman–Crippen LogP) is 3.43. The van der Waals surface area contributed by atoms with Crippen LogP contribution in [0.2, 0.25) is 0 Å². The number of likely N-dealkylation sites (N-methyl/N-ethyl adjacent to an activating group) is 1. The second-order valence-corrected chi connectivity index (χ2v) is 10.5. The zero-order valence-electron chi connectivity index (χ0n) is 20.8. The zero-order chi connectivity index (χ0) is 27.2. The second kappa shape index (κ2) is 12.0. The molecule has 0 saturated heterocycles. The minimum absolute atomic E-state index is 0.0335. The largest absolute Gasteiger partial charge is 0.357 e. The van der Waals surface area contributed by atoms with Gasteiger partial charge in [0.25, 0.3) is 0 Å². The van der Waals surface area contributed by atoms with Crippen LogP contribution >= 0.6 is 0 Å². The van der Waals surface area contributed by atoms with Gasteiger partial charge in [0.05, 0.1) is 11.9 Å². The number of hydrogen-bond donors (Lipinski definition) is 1. The fourth-order valence-electron chi connectivity index (χ4n) is 3.95. The van der Waals surface area contributed by atoms with E-state index in [4.69, 9.17) is 0 Å². The molecule has 196 valence electrons. The van der Waals surface area contributed by atoms with Crippen molar-refractivity contribution in [2.75, 3.05) is 24.2 Å². The number of benzene rings is 3. The summed E-state index contributed by atoms with van der Waals surface area (Å²) in [6, 6.07) is 18.1. The molecule has 0 unspecified atom stereocenters. The van der Waals surface area contributed by atoms with Crippen molar-refractivity contribution in [3.63, 3.8) is 0 Å². The lowest BCUT2D eigenvalue weighted by Crippen LogP contribution is -2.53. The summed E-state index contributed by atoms with van der Waals surface area (Å²) in [4.78, 5) is 28.1. The summed E-state index contributed by atoms with van der Waals surface area (Å²) in [5, 5.41) is 2.59. The lowest BCUT2D eigenvalue weighted by molar-refractivity contribution is -0.139. The molecule has 0 bridgehead atoms. The van der Waals surface area contributed by atoms with E-state index in [0.29, 0.717) is 4.31 Å². The van der Waals surface area contributed by atoms with E-state index in [0.717, 1.165) is 41.1 Å². The van der Waals surface area contributed by atoms with Gasteiger partial charge in [-0.3, -0.25) is 13.9 Å². The van der Waals surface area contributed by atoms with Crippen molar-refractivity contribution >= 4 is 27.5 Å². The summed E-state index contributed by atoms with van der Waals surface area (Å²) in [6.45, 7) is 1.19. The molecule has 3 rings (SSSR count).